The monoisotopic (exact) mass is 425 g/mol. The van der Waals surface area contributed by atoms with Crippen LogP contribution in [0.4, 0.5) is 0 Å². The lowest BCUT2D eigenvalue weighted by Crippen LogP contribution is -3.15. The number of hydrogen-bond acceptors (Lipinski definition) is 5. The number of piperazine rings is 1. The number of benzene rings is 1. The van der Waals surface area contributed by atoms with Crippen molar-refractivity contribution >= 4 is 10.0 Å². The Morgan fingerprint density at radius 1 is 1.21 bits per heavy atom. The van der Waals surface area contributed by atoms with Gasteiger partial charge in [0.15, 0.2) is 0 Å². The Balaban J connectivity index is 1.23. The largest absolute Gasteiger partial charge is 0.385 e. The molecule has 2 aliphatic heterocycles. The Hall–Kier alpha value is -1.03. The highest BCUT2D eigenvalue weighted by molar-refractivity contribution is 7.89. The number of ether oxygens (including phenoxy) is 2. The molecule has 8 heteroatoms. The summed E-state index contributed by atoms with van der Waals surface area (Å²) in [5, 5.41) is 10.3. The number of nitrogens with one attached hydrogen (secondary N) is 1. The van der Waals surface area contributed by atoms with Gasteiger partial charge in [-0.2, -0.15) is 4.31 Å². The average molecular weight is 426 g/mol. The van der Waals surface area contributed by atoms with Crippen molar-refractivity contribution in [3.8, 4) is 0 Å². The minimum atomic E-state index is -3.44. The molecule has 1 aliphatic carbocycles. The van der Waals surface area contributed by atoms with Crippen LogP contribution in [0.25, 0.3) is 0 Å². The molecule has 1 aromatic rings. The van der Waals surface area contributed by atoms with Crippen LogP contribution < -0.4 is 4.90 Å². The van der Waals surface area contributed by atoms with Crippen LogP contribution in [0, 0.1) is 0 Å². The Morgan fingerprint density at radius 2 is 2.00 bits per heavy atom. The normalized spacial score (nSPS) is 24.7. The van der Waals surface area contributed by atoms with E-state index in [1.54, 1.807) is 10.4 Å². The first-order valence-electron chi connectivity index (χ1n) is 10.9. The molecule has 0 saturated carbocycles. The van der Waals surface area contributed by atoms with Gasteiger partial charge in [0.25, 0.3) is 0 Å². The maximum absolute atomic E-state index is 13.0. The molecule has 162 valence electrons. The van der Waals surface area contributed by atoms with Crippen LogP contribution in [0.1, 0.15) is 30.4 Å². The molecule has 0 radical (unpaired) electrons. The van der Waals surface area contributed by atoms with Crippen LogP contribution in [-0.2, 0) is 32.3 Å². The van der Waals surface area contributed by atoms with Gasteiger partial charge in [0.1, 0.15) is 12.6 Å². The van der Waals surface area contributed by atoms with Crippen LogP contribution in [0.3, 0.4) is 0 Å². The molecular weight excluding hydrogens is 392 g/mol. The Kier molecular flexibility index (Phi) is 6.88. The van der Waals surface area contributed by atoms with Gasteiger partial charge in [0.2, 0.25) is 10.0 Å². The smallest absolute Gasteiger partial charge is 0.243 e. The second-order valence-electron chi connectivity index (χ2n) is 8.47. The Morgan fingerprint density at radius 3 is 2.76 bits per heavy atom. The van der Waals surface area contributed by atoms with E-state index in [9.17, 15) is 13.5 Å². The van der Waals surface area contributed by atoms with Crippen molar-refractivity contribution in [2.45, 2.75) is 49.2 Å². The first-order valence-corrected chi connectivity index (χ1v) is 12.3. The van der Waals surface area contributed by atoms with Crippen LogP contribution >= 0.6 is 0 Å². The minimum absolute atomic E-state index is 0.169. The van der Waals surface area contributed by atoms with Crippen molar-refractivity contribution in [3.05, 3.63) is 29.3 Å². The van der Waals surface area contributed by atoms with E-state index >= 15 is 0 Å². The summed E-state index contributed by atoms with van der Waals surface area (Å²) in [4.78, 5) is 1.64. The molecular formula is C21H33N2O5S+. The summed E-state index contributed by atoms with van der Waals surface area (Å²) in [6.07, 6.45) is 4.89. The zero-order valence-corrected chi connectivity index (χ0v) is 17.8. The molecule has 0 unspecified atom stereocenters. The fourth-order valence-corrected chi connectivity index (χ4v) is 6.10. The Labute approximate surface area is 173 Å². The van der Waals surface area contributed by atoms with Crippen molar-refractivity contribution in [2.24, 2.45) is 0 Å². The van der Waals surface area contributed by atoms with Gasteiger partial charge in [0.05, 0.1) is 50.4 Å². The first-order chi connectivity index (χ1) is 14.0. The van der Waals surface area contributed by atoms with E-state index in [0.717, 1.165) is 38.7 Å². The maximum atomic E-state index is 13.0. The number of rotatable bonds is 8. The van der Waals surface area contributed by atoms with Gasteiger partial charge in [-0.15, -0.1) is 0 Å². The number of sulfonamides is 1. The van der Waals surface area contributed by atoms with Crippen molar-refractivity contribution in [1.82, 2.24) is 4.31 Å². The second kappa shape index (κ2) is 9.41. The number of quaternary nitrogens is 1. The Bertz CT molecular complexity index is 786. The predicted octanol–water partition coefficient (Wildman–Crippen LogP) is -0.379. The summed E-state index contributed by atoms with van der Waals surface area (Å²) in [5.41, 5.74) is 2.47. The molecule has 2 atom stereocenters. The highest BCUT2D eigenvalue weighted by Crippen LogP contribution is 2.26. The molecule has 4 rings (SSSR count). The van der Waals surface area contributed by atoms with Crippen LogP contribution in [0.5, 0.6) is 0 Å². The molecule has 0 spiro atoms. The van der Waals surface area contributed by atoms with Crippen molar-refractivity contribution < 1.29 is 27.9 Å². The summed E-state index contributed by atoms with van der Waals surface area (Å²) >= 11 is 0. The highest BCUT2D eigenvalue weighted by Gasteiger charge is 2.32. The third kappa shape index (κ3) is 5.18. The number of aliphatic hydroxyl groups excluding tert-OH is 1. The molecule has 3 aliphatic rings. The van der Waals surface area contributed by atoms with E-state index in [-0.39, 0.29) is 6.10 Å². The molecule has 0 bridgehead atoms. The topological polar surface area (TPSA) is 80.5 Å². The summed E-state index contributed by atoms with van der Waals surface area (Å²) in [7, 11) is -3.44. The van der Waals surface area contributed by atoms with Crippen LogP contribution in [-0.4, -0.2) is 82.6 Å². The number of aliphatic hydroxyl groups is 1. The summed E-state index contributed by atoms with van der Waals surface area (Å²) < 4.78 is 38.7. The quantitative estimate of drug-likeness (QED) is 0.594. The van der Waals surface area contributed by atoms with E-state index in [1.807, 2.05) is 12.1 Å². The van der Waals surface area contributed by atoms with Crippen molar-refractivity contribution in [2.75, 3.05) is 52.5 Å². The standard InChI is InChI=1S/C21H32N2O5S/c24-19(15-27-16-20-5-2-12-28-20)14-22-8-10-23(11-9-22)29(25,26)21-7-6-17-3-1-4-18(17)13-21/h6-7,13,19-20,24H,1-5,8-12,14-16H2/p+1/t19-,20+/m0/s1. The molecule has 29 heavy (non-hydrogen) atoms. The van der Waals surface area contributed by atoms with Crippen molar-refractivity contribution in [3.63, 3.8) is 0 Å². The van der Waals surface area contributed by atoms with Crippen LogP contribution in [0.2, 0.25) is 0 Å². The second-order valence-corrected chi connectivity index (χ2v) is 10.4. The predicted molar refractivity (Wildman–Crippen MR) is 109 cm³/mol. The molecule has 1 aromatic carbocycles. The molecule has 2 heterocycles. The average Bonchev–Trinajstić information content (AvgIpc) is 3.39. The van der Waals surface area contributed by atoms with E-state index in [1.165, 1.54) is 16.0 Å². The van der Waals surface area contributed by atoms with Gasteiger partial charge in [-0.25, -0.2) is 8.42 Å². The van der Waals surface area contributed by atoms with Crippen molar-refractivity contribution in [1.29, 1.82) is 0 Å². The first kappa shape index (κ1) is 21.2. The lowest BCUT2D eigenvalue weighted by molar-refractivity contribution is -0.906. The number of aryl methyl sites for hydroxylation is 2. The van der Waals surface area contributed by atoms with E-state index in [2.05, 4.69) is 0 Å². The molecule has 7 nitrogen and oxygen atoms in total. The molecule has 2 fully saturated rings. The zero-order chi connectivity index (χ0) is 20.3. The van der Waals surface area contributed by atoms with Gasteiger partial charge in [-0.1, -0.05) is 6.07 Å². The zero-order valence-electron chi connectivity index (χ0n) is 17.0. The number of hydrogen-bond donors (Lipinski definition) is 2. The molecule has 2 saturated heterocycles. The summed E-state index contributed by atoms with van der Waals surface area (Å²) in [6, 6.07) is 5.60. The number of fused-ring (bicyclic) bond motifs is 1. The minimum Gasteiger partial charge on any atom is -0.385 e. The van der Waals surface area contributed by atoms with Gasteiger partial charge in [0, 0.05) is 6.61 Å². The molecule has 0 aromatic heterocycles. The molecule has 2 N–H and O–H groups in total. The molecule has 0 amide bonds. The fraction of sp³-hybridized carbons (Fsp3) is 0.714. The van der Waals surface area contributed by atoms with Gasteiger partial charge in [-0.3, -0.25) is 0 Å². The third-order valence-corrected chi connectivity index (χ3v) is 8.19. The summed E-state index contributed by atoms with van der Waals surface area (Å²) in [5.74, 6) is 0. The maximum Gasteiger partial charge on any atom is 0.243 e. The van der Waals surface area contributed by atoms with Gasteiger partial charge in [-0.05, 0) is 55.4 Å². The van der Waals surface area contributed by atoms with Crippen LogP contribution in [0.15, 0.2) is 23.1 Å². The van der Waals surface area contributed by atoms with E-state index in [0.29, 0.717) is 50.8 Å². The van der Waals surface area contributed by atoms with Gasteiger partial charge >= 0.3 is 0 Å². The number of nitrogens with zero attached hydrogens (tertiary/aromatic N) is 1. The van der Waals surface area contributed by atoms with E-state index in [4.69, 9.17) is 9.47 Å². The SMILES string of the molecule is O=S(=O)(c1ccc2c(c1)CCC2)N1CC[NH+](C[C@H](O)COC[C@H]2CCCO2)CC1. The highest BCUT2D eigenvalue weighted by atomic mass is 32.2. The van der Waals surface area contributed by atoms with E-state index < -0.39 is 16.1 Å². The van der Waals surface area contributed by atoms with Gasteiger partial charge < -0.3 is 19.5 Å². The summed E-state index contributed by atoms with van der Waals surface area (Å²) in [6.45, 7) is 4.60. The lowest BCUT2D eigenvalue weighted by Gasteiger charge is -2.32. The fourth-order valence-electron chi connectivity index (χ4n) is 4.61. The lowest BCUT2D eigenvalue weighted by atomic mass is 10.1. The third-order valence-electron chi connectivity index (χ3n) is 6.30.